The molecule has 1 aliphatic heterocycles. The van der Waals surface area contributed by atoms with E-state index in [1.807, 2.05) is 0 Å². The summed E-state index contributed by atoms with van der Waals surface area (Å²) in [5, 5.41) is 15.0. The number of β-amino-alcohol motifs (C(OH)–C–C–N with tert-alkyl or cyclic N) is 1. The van der Waals surface area contributed by atoms with Gasteiger partial charge >= 0.3 is 0 Å². The van der Waals surface area contributed by atoms with Gasteiger partial charge in [-0.2, -0.15) is 0 Å². The molecule has 0 fully saturated rings. The molecule has 6 nitrogen and oxygen atoms in total. The molecule has 2 atom stereocenters. The highest BCUT2D eigenvalue weighted by molar-refractivity contribution is 5.42. The van der Waals surface area contributed by atoms with Crippen LogP contribution in [0.5, 0.6) is 0 Å². The smallest absolute Gasteiger partial charge is 0.150 e. The average molecular weight is 169 g/mol. The molecule has 1 aromatic rings. The van der Waals surface area contributed by atoms with E-state index in [4.69, 9.17) is 5.73 Å². The molecule has 1 aliphatic rings. The third-order valence-corrected chi connectivity index (χ3v) is 1.81. The number of aromatic amines is 1. The largest absolute Gasteiger partial charge is 0.377 e. The fraction of sp³-hybridized carbons (Fsp3) is 0.500. The zero-order valence-electron chi connectivity index (χ0n) is 6.41. The maximum absolute atomic E-state index is 9.25. The van der Waals surface area contributed by atoms with Crippen molar-refractivity contribution in [2.24, 2.45) is 5.73 Å². The predicted octanol–water partition coefficient (Wildman–Crippen LogP) is -1.30. The van der Waals surface area contributed by atoms with Gasteiger partial charge in [-0.1, -0.05) is 0 Å². The van der Waals surface area contributed by atoms with Gasteiger partial charge in [0.2, 0.25) is 0 Å². The van der Waals surface area contributed by atoms with Gasteiger partial charge in [-0.3, -0.25) is 5.32 Å². The highest BCUT2D eigenvalue weighted by Crippen LogP contribution is 2.17. The lowest BCUT2D eigenvalue weighted by Gasteiger charge is -2.12. The molecular formula is C6H11N5O. The first-order valence-electron chi connectivity index (χ1n) is 3.74. The summed E-state index contributed by atoms with van der Waals surface area (Å²) in [6, 6.07) is 0. The number of H-pyrrole nitrogens is 1. The fourth-order valence-electron chi connectivity index (χ4n) is 1.23. The van der Waals surface area contributed by atoms with Gasteiger partial charge in [-0.05, 0) is 0 Å². The summed E-state index contributed by atoms with van der Waals surface area (Å²) in [7, 11) is 0. The zero-order valence-corrected chi connectivity index (χ0v) is 6.41. The first-order valence-corrected chi connectivity index (χ1v) is 3.74. The van der Waals surface area contributed by atoms with Gasteiger partial charge in [0, 0.05) is 0 Å². The summed E-state index contributed by atoms with van der Waals surface area (Å²) in [6.45, 7) is 0.408. The minimum absolute atomic E-state index is 0.396. The number of aliphatic hydroxyl groups excluding tert-OH is 1. The lowest BCUT2D eigenvalue weighted by Crippen LogP contribution is -2.39. The van der Waals surface area contributed by atoms with Gasteiger partial charge in [0.05, 0.1) is 18.6 Å². The molecule has 0 spiro atoms. The van der Waals surface area contributed by atoms with E-state index in [-0.39, 0.29) is 0 Å². The molecule has 0 saturated carbocycles. The fourth-order valence-corrected chi connectivity index (χ4v) is 1.23. The van der Waals surface area contributed by atoms with Crippen molar-refractivity contribution in [1.29, 1.82) is 0 Å². The summed E-state index contributed by atoms with van der Waals surface area (Å²) in [5.41, 5.74) is 6.47. The number of hydrogen-bond acceptors (Lipinski definition) is 5. The molecule has 0 aliphatic carbocycles. The van der Waals surface area contributed by atoms with E-state index in [1.54, 1.807) is 6.33 Å². The Morgan fingerprint density at radius 3 is 3.33 bits per heavy atom. The second-order valence-electron chi connectivity index (χ2n) is 2.71. The number of nitrogens with zero attached hydrogens (tertiary/aromatic N) is 1. The molecule has 0 bridgehead atoms. The van der Waals surface area contributed by atoms with Gasteiger partial charge in [0.1, 0.15) is 18.2 Å². The predicted molar refractivity (Wildman–Crippen MR) is 43.1 cm³/mol. The highest BCUT2D eigenvalue weighted by atomic mass is 16.3. The number of rotatable bonds is 0. The Labute approximate surface area is 69.2 Å². The van der Waals surface area contributed by atoms with Crippen LogP contribution in [-0.4, -0.2) is 27.8 Å². The first-order chi connectivity index (χ1) is 5.77. The van der Waals surface area contributed by atoms with E-state index in [0.717, 1.165) is 5.69 Å². The monoisotopic (exact) mass is 169 g/mol. The summed E-state index contributed by atoms with van der Waals surface area (Å²) in [4.78, 5) is 6.90. The van der Waals surface area contributed by atoms with E-state index in [0.29, 0.717) is 12.4 Å². The molecule has 12 heavy (non-hydrogen) atoms. The van der Waals surface area contributed by atoms with E-state index >= 15 is 0 Å². The number of aliphatic hydroxyl groups is 1. The second-order valence-corrected chi connectivity index (χ2v) is 2.71. The maximum Gasteiger partial charge on any atom is 0.150 e. The van der Waals surface area contributed by atoms with E-state index < -0.39 is 12.4 Å². The van der Waals surface area contributed by atoms with Gasteiger partial charge in [-0.25, -0.2) is 4.98 Å². The number of fused-ring (bicyclic) bond motifs is 1. The number of nitrogens with two attached hydrogens (primary N) is 1. The topological polar surface area (TPSA) is 99.0 Å². The Hall–Kier alpha value is -1.11. The van der Waals surface area contributed by atoms with Crippen molar-refractivity contribution < 1.29 is 5.11 Å². The Kier molecular flexibility index (Phi) is 1.72. The maximum atomic E-state index is 9.25. The van der Waals surface area contributed by atoms with Gasteiger partial charge < -0.3 is 21.1 Å². The molecule has 0 unspecified atom stereocenters. The van der Waals surface area contributed by atoms with Crippen LogP contribution in [0.4, 0.5) is 5.82 Å². The van der Waals surface area contributed by atoms with Gasteiger partial charge in [0.25, 0.3) is 0 Å². The lowest BCUT2D eigenvalue weighted by molar-refractivity contribution is 0.137. The molecule has 0 saturated heterocycles. The van der Waals surface area contributed by atoms with Crippen LogP contribution in [0.1, 0.15) is 11.9 Å². The van der Waals surface area contributed by atoms with Crippen molar-refractivity contribution in [3.63, 3.8) is 0 Å². The van der Waals surface area contributed by atoms with Crippen LogP contribution >= 0.6 is 0 Å². The lowest BCUT2D eigenvalue weighted by atomic mass is 10.3. The van der Waals surface area contributed by atoms with E-state index in [2.05, 4.69) is 20.6 Å². The number of imidazole rings is 1. The van der Waals surface area contributed by atoms with Crippen LogP contribution in [0.15, 0.2) is 6.33 Å². The molecule has 0 aromatic carbocycles. The molecule has 0 radical (unpaired) electrons. The van der Waals surface area contributed by atoms with Crippen molar-refractivity contribution in [2.75, 3.05) is 11.9 Å². The van der Waals surface area contributed by atoms with Gasteiger partial charge in [0.15, 0.2) is 0 Å². The molecule has 1 aromatic heterocycles. The Morgan fingerprint density at radius 1 is 1.67 bits per heavy atom. The molecular weight excluding hydrogens is 158 g/mol. The quantitative estimate of drug-likeness (QED) is 0.332. The first kappa shape index (κ1) is 7.53. The molecule has 66 valence electrons. The van der Waals surface area contributed by atoms with Crippen LogP contribution in [0, 0.1) is 0 Å². The number of nitrogens with one attached hydrogen (secondary N) is 3. The second kappa shape index (κ2) is 2.74. The van der Waals surface area contributed by atoms with Crippen LogP contribution in [0.25, 0.3) is 0 Å². The SMILES string of the molecule is N[C@H]1N[C@@H](O)CNc2nc[nH]c21. The summed E-state index contributed by atoms with van der Waals surface area (Å²) >= 11 is 0. The van der Waals surface area contributed by atoms with E-state index in [9.17, 15) is 5.11 Å². The van der Waals surface area contributed by atoms with Crippen molar-refractivity contribution in [2.45, 2.75) is 12.4 Å². The summed E-state index contributed by atoms with van der Waals surface area (Å²) < 4.78 is 0. The van der Waals surface area contributed by atoms with Crippen LogP contribution in [0.3, 0.4) is 0 Å². The van der Waals surface area contributed by atoms with E-state index in [1.165, 1.54) is 0 Å². The van der Waals surface area contributed by atoms with Crippen molar-refractivity contribution in [3.05, 3.63) is 12.0 Å². The average Bonchev–Trinajstić information content (AvgIpc) is 2.43. The van der Waals surface area contributed by atoms with Crippen molar-refractivity contribution >= 4 is 5.82 Å². The van der Waals surface area contributed by atoms with Crippen LogP contribution in [0.2, 0.25) is 0 Å². The minimum atomic E-state index is -0.636. The van der Waals surface area contributed by atoms with Crippen molar-refractivity contribution in [3.8, 4) is 0 Å². The molecule has 6 N–H and O–H groups in total. The summed E-state index contributed by atoms with van der Waals surface area (Å²) in [5.74, 6) is 0.701. The number of aromatic nitrogens is 2. The highest BCUT2D eigenvalue weighted by Gasteiger charge is 2.20. The zero-order chi connectivity index (χ0) is 8.55. The molecule has 0 amide bonds. The number of anilines is 1. The Bertz CT molecular complexity index is 273. The molecule has 2 heterocycles. The number of hydrogen-bond donors (Lipinski definition) is 5. The van der Waals surface area contributed by atoms with Crippen molar-refractivity contribution in [1.82, 2.24) is 15.3 Å². The Balaban J connectivity index is 2.29. The molecule has 6 heteroatoms. The van der Waals surface area contributed by atoms with Crippen LogP contribution in [-0.2, 0) is 0 Å². The Morgan fingerprint density at radius 2 is 2.50 bits per heavy atom. The third-order valence-electron chi connectivity index (χ3n) is 1.81. The standard InChI is InChI=1S/C6H11N5O/c7-5-4-6(10-2-9-4)8-1-3(12)11-5/h2-3,5,8,11-12H,1,7H2,(H,9,10)/t3-,5-/m0/s1. The minimum Gasteiger partial charge on any atom is -0.377 e. The normalized spacial score (nSPS) is 28.8. The van der Waals surface area contributed by atoms with Gasteiger partial charge in [-0.15, -0.1) is 0 Å². The molecule has 2 rings (SSSR count). The summed E-state index contributed by atoms with van der Waals surface area (Å²) in [6.07, 6.45) is 0.534. The van der Waals surface area contributed by atoms with Crippen LogP contribution < -0.4 is 16.4 Å². The third kappa shape index (κ3) is 1.15.